The standard InChI is InChI=1S/C16H21N5O3/c1-3-24-15-5-4-14(19-20-15)21-11(2)13(9-18-21)16(22)17-8-12-6-7-23-10-12/h4-5,9,12H,3,6-8,10H2,1-2H3,(H,17,22)/t12-/m1/s1. The number of carbonyl (C=O) groups is 1. The Kier molecular flexibility index (Phi) is 5.05. The molecule has 1 aliphatic rings. The van der Waals surface area contributed by atoms with E-state index < -0.39 is 0 Å². The SMILES string of the molecule is CCOc1ccc(-n2ncc(C(=O)NC[C@H]3CCOC3)c2C)nn1. The molecule has 0 aromatic carbocycles. The van der Waals surface area contributed by atoms with Gasteiger partial charge in [-0.2, -0.15) is 5.10 Å². The topological polar surface area (TPSA) is 91.2 Å². The summed E-state index contributed by atoms with van der Waals surface area (Å²) in [6.45, 7) is 6.35. The second kappa shape index (κ2) is 7.39. The average Bonchev–Trinajstić information content (AvgIpc) is 3.23. The number of nitrogens with zero attached hydrogens (tertiary/aromatic N) is 4. The summed E-state index contributed by atoms with van der Waals surface area (Å²) in [6.07, 6.45) is 2.54. The Morgan fingerprint density at radius 1 is 1.46 bits per heavy atom. The first-order chi connectivity index (χ1) is 11.7. The number of hydrogen-bond acceptors (Lipinski definition) is 6. The molecule has 0 aliphatic carbocycles. The van der Waals surface area contributed by atoms with Gasteiger partial charge in [-0.1, -0.05) is 0 Å². The fourth-order valence-electron chi connectivity index (χ4n) is 2.59. The van der Waals surface area contributed by atoms with Crippen molar-refractivity contribution < 1.29 is 14.3 Å². The Bertz CT molecular complexity index is 692. The highest BCUT2D eigenvalue weighted by molar-refractivity contribution is 5.95. The van der Waals surface area contributed by atoms with Crippen LogP contribution in [0, 0.1) is 12.8 Å². The van der Waals surface area contributed by atoms with Gasteiger partial charge in [0.05, 0.1) is 30.7 Å². The second-order valence-corrected chi connectivity index (χ2v) is 5.66. The molecule has 0 saturated carbocycles. The molecule has 0 spiro atoms. The van der Waals surface area contributed by atoms with E-state index in [9.17, 15) is 4.79 Å². The maximum Gasteiger partial charge on any atom is 0.254 e. The summed E-state index contributed by atoms with van der Waals surface area (Å²) in [5.74, 6) is 1.26. The van der Waals surface area contributed by atoms with Gasteiger partial charge in [0.25, 0.3) is 5.91 Å². The van der Waals surface area contributed by atoms with Crippen molar-refractivity contribution in [3.63, 3.8) is 0 Å². The van der Waals surface area contributed by atoms with Gasteiger partial charge in [-0.05, 0) is 26.3 Å². The molecule has 1 aliphatic heterocycles. The largest absolute Gasteiger partial charge is 0.477 e. The summed E-state index contributed by atoms with van der Waals surface area (Å²) in [5, 5.41) is 15.3. The van der Waals surface area contributed by atoms with Crippen LogP contribution in [-0.2, 0) is 4.74 Å². The lowest BCUT2D eigenvalue weighted by Crippen LogP contribution is -2.29. The molecular formula is C16H21N5O3. The minimum Gasteiger partial charge on any atom is -0.477 e. The van der Waals surface area contributed by atoms with Crippen LogP contribution in [0.5, 0.6) is 5.88 Å². The lowest BCUT2D eigenvalue weighted by molar-refractivity contribution is 0.0944. The van der Waals surface area contributed by atoms with Gasteiger partial charge in [-0.3, -0.25) is 4.79 Å². The lowest BCUT2D eigenvalue weighted by atomic mass is 10.1. The van der Waals surface area contributed by atoms with Crippen molar-refractivity contribution in [3.05, 3.63) is 29.6 Å². The van der Waals surface area contributed by atoms with Gasteiger partial charge in [0.1, 0.15) is 0 Å². The van der Waals surface area contributed by atoms with E-state index in [0.29, 0.717) is 48.6 Å². The minimum atomic E-state index is -0.135. The van der Waals surface area contributed by atoms with E-state index in [0.717, 1.165) is 13.0 Å². The molecule has 3 rings (SSSR count). The van der Waals surface area contributed by atoms with E-state index in [1.54, 1.807) is 23.0 Å². The fraction of sp³-hybridized carbons (Fsp3) is 0.500. The monoisotopic (exact) mass is 331 g/mol. The third-order valence-corrected chi connectivity index (χ3v) is 3.96. The third-order valence-electron chi connectivity index (χ3n) is 3.96. The van der Waals surface area contributed by atoms with Gasteiger partial charge in [-0.15, -0.1) is 10.2 Å². The molecule has 0 radical (unpaired) electrons. The summed E-state index contributed by atoms with van der Waals surface area (Å²) in [6, 6.07) is 3.49. The maximum absolute atomic E-state index is 12.3. The predicted molar refractivity (Wildman–Crippen MR) is 86.3 cm³/mol. The molecule has 1 amide bonds. The van der Waals surface area contributed by atoms with E-state index in [2.05, 4.69) is 20.6 Å². The Morgan fingerprint density at radius 2 is 2.33 bits per heavy atom. The van der Waals surface area contributed by atoms with Gasteiger partial charge in [0.15, 0.2) is 5.82 Å². The third kappa shape index (κ3) is 3.53. The van der Waals surface area contributed by atoms with Gasteiger partial charge < -0.3 is 14.8 Å². The number of amides is 1. The normalized spacial score (nSPS) is 17.0. The number of rotatable bonds is 6. The van der Waals surface area contributed by atoms with Crippen LogP contribution < -0.4 is 10.1 Å². The van der Waals surface area contributed by atoms with Crippen LogP contribution in [-0.4, -0.2) is 52.3 Å². The number of carbonyl (C=O) groups excluding carboxylic acids is 1. The van der Waals surface area contributed by atoms with Crippen molar-refractivity contribution in [3.8, 4) is 11.7 Å². The highest BCUT2D eigenvalue weighted by atomic mass is 16.5. The molecule has 3 heterocycles. The van der Waals surface area contributed by atoms with Gasteiger partial charge in [0.2, 0.25) is 5.88 Å². The lowest BCUT2D eigenvalue weighted by Gasteiger charge is -2.09. The van der Waals surface area contributed by atoms with E-state index >= 15 is 0 Å². The Morgan fingerprint density at radius 3 is 3.00 bits per heavy atom. The first kappa shape index (κ1) is 16.4. The minimum absolute atomic E-state index is 0.135. The Balaban J connectivity index is 1.69. The number of aromatic nitrogens is 4. The molecule has 2 aromatic heterocycles. The average molecular weight is 331 g/mol. The molecule has 0 unspecified atom stereocenters. The molecular weight excluding hydrogens is 310 g/mol. The molecule has 2 aromatic rings. The molecule has 8 heteroatoms. The second-order valence-electron chi connectivity index (χ2n) is 5.66. The summed E-state index contributed by atoms with van der Waals surface area (Å²) >= 11 is 0. The van der Waals surface area contributed by atoms with Crippen molar-refractivity contribution in [1.82, 2.24) is 25.3 Å². The molecule has 128 valence electrons. The first-order valence-electron chi connectivity index (χ1n) is 8.06. The van der Waals surface area contributed by atoms with Crippen LogP contribution in [0.3, 0.4) is 0 Å². The number of ether oxygens (including phenoxy) is 2. The van der Waals surface area contributed by atoms with E-state index in [4.69, 9.17) is 9.47 Å². The van der Waals surface area contributed by atoms with Crippen molar-refractivity contribution in [1.29, 1.82) is 0 Å². The Hall–Kier alpha value is -2.48. The molecule has 1 saturated heterocycles. The molecule has 0 bridgehead atoms. The number of hydrogen-bond donors (Lipinski definition) is 1. The van der Waals surface area contributed by atoms with Crippen LogP contribution in [0.2, 0.25) is 0 Å². The van der Waals surface area contributed by atoms with Crippen molar-refractivity contribution in [2.24, 2.45) is 5.92 Å². The van der Waals surface area contributed by atoms with Crippen molar-refractivity contribution in [2.45, 2.75) is 20.3 Å². The molecule has 8 nitrogen and oxygen atoms in total. The Labute approximate surface area is 140 Å². The van der Waals surface area contributed by atoms with Crippen LogP contribution in [0.1, 0.15) is 29.4 Å². The predicted octanol–water partition coefficient (Wildman–Crippen LogP) is 1.14. The fourth-order valence-corrected chi connectivity index (χ4v) is 2.59. The highest BCUT2D eigenvalue weighted by Gasteiger charge is 2.19. The first-order valence-corrected chi connectivity index (χ1v) is 8.06. The van der Waals surface area contributed by atoms with Crippen LogP contribution in [0.15, 0.2) is 18.3 Å². The zero-order valence-corrected chi connectivity index (χ0v) is 13.9. The summed E-state index contributed by atoms with van der Waals surface area (Å²) in [7, 11) is 0. The summed E-state index contributed by atoms with van der Waals surface area (Å²) in [5.41, 5.74) is 1.25. The van der Waals surface area contributed by atoms with Crippen LogP contribution >= 0.6 is 0 Å². The summed E-state index contributed by atoms with van der Waals surface area (Å²) < 4.78 is 12.2. The molecule has 24 heavy (non-hydrogen) atoms. The van der Waals surface area contributed by atoms with Gasteiger partial charge in [-0.25, -0.2) is 4.68 Å². The van der Waals surface area contributed by atoms with Crippen molar-refractivity contribution in [2.75, 3.05) is 26.4 Å². The van der Waals surface area contributed by atoms with Gasteiger partial charge in [0, 0.05) is 25.1 Å². The van der Waals surface area contributed by atoms with Gasteiger partial charge >= 0.3 is 0 Å². The zero-order chi connectivity index (χ0) is 16.9. The molecule has 1 fully saturated rings. The highest BCUT2D eigenvalue weighted by Crippen LogP contribution is 2.15. The van der Waals surface area contributed by atoms with Crippen molar-refractivity contribution >= 4 is 5.91 Å². The molecule has 1 N–H and O–H groups in total. The number of nitrogens with one attached hydrogen (secondary N) is 1. The maximum atomic E-state index is 12.3. The van der Waals surface area contributed by atoms with E-state index in [1.165, 1.54) is 0 Å². The van der Waals surface area contributed by atoms with E-state index in [-0.39, 0.29) is 5.91 Å². The quantitative estimate of drug-likeness (QED) is 0.853. The molecule has 1 atom stereocenters. The smallest absolute Gasteiger partial charge is 0.254 e. The van der Waals surface area contributed by atoms with Crippen LogP contribution in [0.4, 0.5) is 0 Å². The van der Waals surface area contributed by atoms with Crippen LogP contribution in [0.25, 0.3) is 5.82 Å². The zero-order valence-electron chi connectivity index (χ0n) is 13.9. The van der Waals surface area contributed by atoms with E-state index in [1.807, 2.05) is 13.8 Å². The summed E-state index contributed by atoms with van der Waals surface area (Å²) in [4.78, 5) is 12.3.